The Balaban J connectivity index is 0.000000145. The number of nitrogens with zero attached hydrogens (tertiary/aromatic N) is 14. The van der Waals surface area contributed by atoms with Crippen LogP contribution >= 0.6 is 11.6 Å². The average Bonchev–Trinajstić information content (AvgIpc) is 4.33. The van der Waals surface area contributed by atoms with E-state index in [0.29, 0.717) is 41.1 Å². The Morgan fingerprint density at radius 2 is 1.05 bits per heavy atom. The Kier molecular flexibility index (Phi) is 15.6. The molecule has 0 amide bonds. The largest absolute Gasteiger partial charge is 0.412 e. The van der Waals surface area contributed by atoms with Crippen molar-refractivity contribution < 1.29 is 8.85 Å². The summed E-state index contributed by atoms with van der Waals surface area (Å²) in [6, 6.07) is 12.7. The van der Waals surface area contributed by atoms with Crippen LogP contribution in [0, 0.1) is 0 Å². The van der Waals surface area contributed by atoms with Crippen molar-refractivity contribution in [1.29, 1.82) is 0 Å². The number of anilines is 5. The first kappa shape index (κ1) is 54.4. The average molecular weight is 1100 g/mol. The molecule has 4 fully saturated rings. The number of pyridine rings is 2. The highest BCUT2D eigenvalue weighted by Gasteiger charge is 2.42. The minimum Gasteiger partial charge on any atom is -0.412 e. The minimum atomic E-state index is -1.79. The topological polar surface area (TPSA) is 202 Å². The zero-order chi connectivity index (χ0) is 54.3. The van der Waals surface area contributed by atoms with E-state index >= 15 is 0 Å². The molecule has 10 heterocycles. The summed E-state index contributed by atoms with van der Waals surface area (Å²) in [7, 11) is -3.48. The van der Waals surface area contributed by atoms with Crippen molar-refractivity contribution >= 4 is 101 Å². The summed E-state index contributed by atoms with van der Waals surface area (Å²) < 4.78 is 17.8. The van der Waals surface area contributed by atoms with Crippen LogP contribution in [0.5, 0.6) is 0 Å². The third-order valence-corrected chi connectivity index (χ3v) is 26.3. The number of nitrogens with one attached hydrogen (secondary N) is 1. The second-order valence-corrected chi connectivity index (χ2v) is 34.3. The van der Waals surface area contributed by atoms with Crippen LogP contribution in [0.3, 0.4) is 0 Å². The van der Waals surface area contributed by atoms with Gasteiger partial charge in [0.05, 0.1) is 35.6 Å². The molecule has 2 atom stereocenters. The Bertz CT molecular complexity index is 3310. The number of nitrogens with two attached hydrogens (primary N) is 1. The first-order chi connectivity index (χ1) is 36.7. The van der Waals surface area contributed by atoms with Crippen molar-refractivity contribution in [2.45, 2.75) is 166 Å². The molecule has 2 aliphatic carbocycles. The second kappa shape index (κ2) is 22.1. The van der Waals surface area contributed by atoms with Crippen LogP contribution in [0.4, 0.5) is 29.4 Å². The monoisotopic (exact) mass is 1100 g/mol. The molecule has 4 aliphatic rings. The molecular formula is C56H77ClN16O2Si2. The van der Waals surface area contributed by atoms with E-state index in [1.165, 1.54) is 51.4 Å². The number of fused-ring (bicyclic) bond motifs is 6. The van der Waals surface area contributed by atoms with Crippen molar-refractivity contribution in [3.63, 3.8) is 0 Å². The minimum absolute atomic E-state index is 0.209. The van der Waals surface area contributed by atoms with E-state index < -0.39 is 16.6 Å². The van der Waals surface area contributed by atoms with Gasteiger partial charge in [-0.2, -0.15) is 9.97 Å². The van der Waals surface area contributed by atoms with Gasteiger partial charge in [0.25, 0.3) is 0 Å². The molecular weight excluding hydrogens is 1020 g/mol. The van der Waals surface area contributed by atoms with Gasteiger partial charge in [-0.1, -0.05) is 78.8 Å². The first-order valence-corrected chi connectivity index (χ1v) is 33.8. The molecule has 2 saturated carbocycles. The number of hydrogen-bond donors (Lipinski definition) is 2. The van der Waals surface area contributed by atoms with Crippen LogP contribution < -0.4 is 20.9 Å². The fourth-order valence-corrected chi connectivity index (χ4v) is 13.7. The van der Waals surface area contributed by atoms with Crippen LogP contribution in [-0.2, 0) is 8.85 Å². The number of rotatable bonds is 10. The fourth-order valence-electron chi connectivity index (χ4n) is 10.9. The quantitative estimate of drug-likeness (QED) is 0.122. The maximum atomic E-state index is 6.64. The van der Waals surface area contributed by atoms with E-state index in [-0.39, 0.29) is 16.2 Å². The van der Waals surface area contributed by atoms with Gasteiger partial charge in [-0.3, -0.25) is 9.97 Å². The van der Waals surface area contributed by atoms with Crippen molar-refractivity contribution in [2.24, 2.45) is 0 Å². The van der Waals surface area contributed by atoms with E-state index in [1.54, 1.807) is 6.07 Å². The van der Waals surface area contributed by atoms with E-state index in [9.17, 15) is 0 Å². The lowest BCUT2D eigenvalue weighted by Crippen LogP contribution is -2.44. The highest BCUT2D eigenvalue weighted by Crippen LogP contribution is 2.42. The van der Waals surface area contributed by atoms with Crippen molar-refractivity contribution in [3.05, 3.63) is 78.7 Å². The maximum absolute atomic E-state index is 6.64. The second-order valence-electron chi connectivity index (χ2n) is 24.4. The molecule has 12 rings (SSSR count). The van der Waals surface area contributed by atoms with Gasteiger partial charge in [0.15, 0.2) is 39.2 Å². The third kappa shape index (κ3) is 11.8. The number of halogens is 1. The standard InChI is InChI=1S/C28H38N8OSi.C14H24ClN3OSi.C14H15N5/c1-28(2,3)38(4,5)37-20-13-15-35(18-20)25-11-10-24(33-34-25)31-27-30-16-22-21-12-14-29-17-23(21)36(26(22)32-27)19-8-6-7-9-19;1-14(2,3)20(4,5)19-11-8-9-18(10-11)13-7-6-12(15)16-17-13;15-14-17-7-11-10-5-6-16-8-12(10)19(13(11)18-14)9-3-1-2-4-9/h10-12,14,16-17,19-20H,6-9,13,15,18H2,1-5H3,(H,30,31,32,33);6-7,11H,8-10H2,1-5H3;5-9H,1-4H2,(H2,15,17,18)/t20-;11-;/m11./s1. The highest BCUT2D eigenvalue weighted by molar-refractivity contribution is 6.74. The highest BCUT2D eigenvalue weighted by atomic mass is 35.5. The third-order valence-electron chi connectivity index (χ3n) is 17.1. The van der Waals surface area contributed by atoms with Gasteiger partial charge in [0.1, 0.15) is 11.3 Å². The van der Waals surface area contributed by atoms with Crippen LogP contribution in [0.1, 0.15) is 118 Å². The van der Waals surface area contributed by atoms with Crippen LogP contribution in [-0.4, -0.2) is 114 Å². The number of aromatic nitrogens is 12. The van der Waals surface area contributed by atoms with Crippen molar-refractivity contribution in [3.8, 4) is 0 Å². The summed E-state index contributed by atoms with van der Waals surface area (Å²) in [6.07, 6.45) is 23.7. The fraction of sp³-hybridized carbons (Fsp3) is 0.536. The van der Waals surface area contributed by atoms with E-state index in [2.05, 4.69) is 143 Å². The summed E-state index contributed by atoms with van der Waals surface area (Å²) >= 11 is 5.77. The molecule has 0 bridgehead atoms. The summed E-state index contributed by atoms with van der Waals surface area (Å²) in [5.41, 5.74) is 9.93. The van der Waals surface area contributed by atoms with E-state index in [0.717, 1.165) is 94.5 Å². The lowest BCUT2D eigenvalue weighted by atomic mass is 10.2. The Morgan fingerprint density at radius 3 is 1.52 bits per heavy atom. The Labute approximate surface area is 459 Å². The number of nitrogen functional groups attached to an aromatic ring is 1. The van der Waals surface area contributed by atoms with E-state index in [4.69, 9.17) is 31.2 Å². The molecule has 408 valence electrons. The van der Waals surface area contributed by atoms with Gasteiger partial charge in [0.2, 0.25) is 11.9 Å². The van der Waals surface area contributed by atoms with Gasteiger partial charge in [-0.05, 0) is 111 Å². The van der Waals surface area contributed by atoms with E-state index in [1.807, 2.05) is 61.4 Å². The van der Waals surface area contributed by atoms with Gasteiger partial charge in [0, 0.05) is 84.6 Å². The molecule has 18 nitrogen and oxygen atoms in total. The van der Waals surface area contributed by atoms with Gasteiger partial charge < -0.3 is 38.8 Å². The van der Waals surface area contributed by atoms with Crippen molar-refractivity contribution in [2.75, 3.05) is 47.0 Å². The normalized spacial score (nSPS) is 18.9. The molecule has 3 N–H and O–H groups in total. The summed E-state index contributed by atoms with van der Waals surface area (Å²) in [6.45, 7) is 26.6. The molecule has 8 aromatic rings. The molecule has 8 aromatic heterocycles. The summed E-state index contributed by atoms with van der Waals surface area (Å²) in [5, 5.41) is 25.6. The molecule has 0 radical (unpaired) electrons. The lowest BCUT2D eigenvalue weighted by molar-refractivity contribution is 0.201. The smallest absolute Gasteiger partial charge is 0.230 e. The van der Waals surface area contributed by atoms with Crippen molar-refractivity contribution in [1.82, 2.24) is 59.4 Å². The number of hydrogen-bond acceptors (Lipinski definition) is 16. The molecule has 0 unspecified atom stereocenters. The van der Waals surface area contributed by atoms with Crippen LogP contribution in [0.2, 0.25) is 41.4 Å². The zero-order valence-corrected chi connectivity index (χ0v) is 49.4. The van der Waals surface area contributed by atoms with Gasteiger partial charge in [-0.25, -0.2) is 9.97 Å². The van der Waals surface area contributed by atoms with Crippen LogP contribution in [0.15, 0.2) is 73.6 Å². The molecule has 77 heavy (non-hydrogen) atoms. The molecule has 2 saturated heterocycles. The Morgan fingerprint density at radius 1 is 0.571 bits per heavy atom. The predicted octanol–water partition coefficient (Wildman–Crippen LogP) is 12.6. The maximum Gasteiger partial charge on any atom is 0.230 e. The Hall–Kier alpha value is -5.94. The van der Waals surface area contributed by atoms with Gasteiger partial charge in [-0.15, -0.1) is 20.4 Å². The van der Waals surface area contributed by atoms with Crippen LogP contribution in [0.25, 0.3) is 43.9 Å². The summed E-state index contributed by atoms with van der Waals surface area (Å²) in [4.78, 5) is 31.3. The van der Waals surface area contributed by atoms with Gasteiger partial charge >= 0.3 is 0 Å². The zero-order valence-electron chi connectivity index (χ0n) is 46.7. The molecule has 0 spiro atoms. The predicted molar refractivity (Wildman–Crippen MR) is 315 cm³/mol. The lowest BCUT2D eigenvalue weighted by Gasteiger charge is -2.38. The SMILES string of the molecule is CC(C)(C)[Si](C)(C)O[C@@H]1CCN(c2ccc(Cl)nn2)C1.CC(C)(C)[Si](C)(C)O[C@@H]1CCN(c2ccc(Nc3ncc4c5ccncc5n(C5CCCC5)c4n3)nn2)C1.Nc1ncc2c3ccncc3n(C3CCCC3)c2n1. The molecule has 2 aliphatic heterocycles. The first-order valence-electron chi connectivity index (χ1n) is 27.7. The summed E-state index contributed by atoms with van der Waals surface area (Å²) in [5.74, 6) is 3.26. The molecule has 21 heteroatoms. The molecule has 0 aromatic carbocycles.